The zero-order chi connectivity index (χ0) is 55.0. The number of hydrogen-bond acceptors (Lipinski definition) is 15. The van der Waals surface area contributed by atoms with Crippen LogP contribution < -0.4 is 30.0 Å². The number of carboxylic acids is 1. The largest absolute Gasteiger partial charge is 0.486 e. The second-order valence-corrected chi connectivity index (χ2v) is 20.0. The Labute approximate surface area is 451 Å². The highest BCUT2D eigenvalue weighted by Gasteiger charge is 2.46. The van der Waals surface area contributed by atoms with Crippen molar-refractivity contribution in [1.29, 1.82) is 0 Å². The maximum Gasteiger partial charge on any atom is 0.385 e. The number of carboxylic acid groups (broad SMARTS) is 1. The summed E-state index contributed by atoms with van der Waals surface area (Å²) in [7, 11) is 0. The van der Waals surface area contributed by atoms with E-state index in [9.17, 15) is 46.1 Å². The Kier molecular flexibility index (Phi) is 19.7. The van der Waals surface area contributed by atoms with Crippen LogP contribution in [-0.2, 0) is 21.4 Å². The Morgan fingerprint density at radius 1 is 0.628 bits per heavy atom. The van der Waals surface area contributed by atoms with Gasteiger partial charge in [0.25, 0.3) is 5.91 Å². The summed E-state index contributed by atoms with van der Waals surface area (Å²) < 4.78 is 133. The van der Waals surface area contributed by atoms with Gasteiger partial charge in [0, 0.05) is 41.0 Å². The Balaban J connectivity index is 0.000000186. The van der Waals surface area contributed by atoms with E-state index < -0.39 is 82.7 Å². The molecule has 6 heterocycles. The van der Waals surface area contributed by atoms with Gasteiger partial charge in [0.2, 0.25) is 0 Å². The minimum Gasteiger partial charge on any atom is -0.486 e. The number of aliphatic hydroxyl groups is 2. The molecule has 4 aliphatic heterocycles. The van der Waals surface area contributed by atoms with Gasteiger partial charge in [-0.25, -0.2) is 32.3 Å². The number of fused-ring (bicyclic) bond motifs is 2. The minimum atomic E-state index is -4.02. The molecule has 4 aliphatic rings. The van der Waals surface area contributed by atoms with Crippen molar-refractivity contribution in [3.8, 4) is 44.1 Å². The highest BCUT2D eigenvalue weighted by molar-refractivity contribution is 7.13. The van der Waals surface area contributed by atoms with Gasteiger partial charge < -0.3 is 55.1 Å². The number of aromatic nitrogens is 2. The number of aliphatic carboxylic acids is 1. The van der Waals surface area contributed by atoms with Crippen molar-refractivity contribution >= 4 is 34.6 Å². The van der Waals surface area contributed by atoms with Crippen LogP contribution in [0.2, 0.25) is 0 Å². The Hall–Kier alpha value is -6.48. The van der Waals surface area contributed by atoms with Crippen LogP contribution in [0.1, 0.15) is 67.8 Å². The maximum absolute atomic E-state index is 15.3. The number of nitrogens with one attached hydrogen (secondary N) is 1. The number of amides is 1. The lowest BCUT2D eigenvalue weighted by Gasteiger charge is -2.30. The molecular formula is C53H56F8N6O9S2. The number of rotatable bonds is 15. The van der Waals surface area contributed by atoms with Crippen LogP contribution in [0.4, 0.5) is 35.1 Å². The van der Waals surface area contributed by atoms with Crippen LogP contribution in [0.3, 0.4) is 0 Å². The van der Waals surface area contributed by atoms with E-state index in [0.29, 0.717) is 55.3 Å². The van der Waals surface area contributed by atoms with Crippen LogP contribution in [0, 0.1) is 23.3 Å². The molecule has 6 aromatic rings. The van der Waals surface area contributed by atoms with Crippen LogP contribution in [0.15, 0.2) is 83.6 Å². The van der Waals surface area contributed by atoms with E-state index in [4.69, 9.17) is 29.8 Å². The number of aliphatic hydroxyl groups excluding tert-OH is 2. The molecule has 420 valence electrons. The van der Waals surface area contributed by atoms with Gasteiger partial charge in [-0.05, 0) is 136 Å². The number of thiazole rings is 2. The van der Waals surface area contributed by atoms with E-state index in [1.807, 2.05) is 4.90 Å². The molecule has 25 heteroatoms. The van der Waals surface area contributed by atoms with Gasteiger partial charge in [0.05, 0.1) is 12.1 Å². The van der Waals surface area contributed by atoms with Gasteiger partial charge in [-0.2, -0.15) is 17.6 Å². The SMILES string of the molecule is C.N[C@H](CN1CCCC1)[C@H](O)c1cc(F)c2c(c1)OCCO2.O=C(N[C@H](CN1CCCC1)[C@H](O)c1cc(F)c2c(c1)OCCO2)C(F)(F)c1csc(-c2ccc(F)cc2)n1.O=C(O)C(F)(F)c1csc(-c2ccc(F)cc2)n1. The van der Waals surface area contributed by atoms with Crippen molar-refractivity contribution < 1.29 is 79.0 Å². The van der Waals surface area contributed by atoms with Crippen molar-refractivity contribution in [2.24, 2.45) is 5.73 Å². The Morgan fingerprint density at radius 2 is 1.04 bits per heavy atom. The van der Waals surface area contributed by atoms with Crippen LogP contribution in [-0.4, -0.2) is 125 Å². The van der Waals surface area contributed by atoms with Gasteiger partial charge in [-0.3, -0.25) is 4.79 Å². The molecule has 4 aromatic carbocycles. The Bertz CT molecular complexity index is 2980. The minimum absolute atomic E-state index is 0. The van der Waals surface area contributed by atoms with Crippen LogP contribution in [0.25, 0.3) is 21.1 Å². The average molecular weight is 1140 g/mol. The summed E-state index contributed by atoms with van der Waals surface area (Å²) in [6.07, 6.45) is 1.71. The second-order valence-electron chi connectivity index (χ2n) is 18.2. The first-order valence-electron chi connectivity index (χ1n) is 24.3. The molecule has 6 N–H and O–H groups in total. The van der Waals surface area contributed by atoms with Crippen LogP contribution >= 0.6 is 22.7 Å². The number of halogens is 8. The number of benzene rings is 4. The Morgan fingerprint density at radius 3 is 1.49 bits per heavy atom. The molecule has 15 nitrogen and oxygen atoms in total. The summed E-state index contributed by atoms with van der Waals surface area (Å²) in [4.78, 5) is 34.9. The number of ether oxygens (including phenoxy) is 4. The van der Waals surface area contributed by atoms with E-state index >= 15 is 8.78 Å². The van der Waals surface area contributed by atoms with Crippen molar-refractivity contribution in [3.63, 3.8) is 0 Å². The third-order valence-electron chi connectivity index (χ3n) is 12.7. The molecule has 0 radical (unpaired) electrons. The standard InChI is InChI=1S/C26H25F4N3O4S.C15H21FN2O3.C11H6F3NO2S.CH4/c27-17-5-3-15(4-6-17)24-32-21(14-38-24)26(29,30)25(35)31-19(13-33-7-1-2-8-33)22(34)16-11-18(28)23-20(12-16)36-9-10-37-23;16-11-7-10(8-13-15(11)21-6-5-20-13)14(19)12(17)9-18-3-1-2-4-18;12-7-3-1-6(2-4-7)9-15-8(5-18-9)11(13,14)10(16)17;/h3-6,11-12,14,19,22,34H,1-2,7-10,13H2,(H,31,35);7-8,12,14,19H,1-6,9,17H2;1-5H,(H,16,17);1H4/t19-,22-;12-,14-;;/m11../s1. The smallest absolute Gasteiger partial charge is 0.385 e. The zero-order valence-electron chi connectivity index (χ0n) is 40.8. The monoisotopic (exact) mass is 1140 g/mol. The molecule has 0 spiro atoms. The lowest BCUT2D eigenvalue weighted by Crippen LogP contribution is -2.51. The zero-order valence-corrected chi connectivity index (χ0v) is 42.4. The lowest BCUT2D eigenvalue weighted by molar-refractivity contribution is -0.166. The summed E-state index contributed by atoms with van der Waals surface area (Å²) in [5.74, 6) is -13.7. The summed E-state index contributed by atoms with van der Waals surface area (Å²) in [6, 6.07) is 14.0. The molecule has 2 aromatic heterocycles. The van der Waals surface area contributed by atoms with Gasteiger partial charge in [0.1, 0.15) is 65.6 Å². The number of alkyl halides is 4. The summed E-state index contributed by atoms with van der Waals surface area (Å²) >= 11 is 1.77. The molecule has 2 saturated heterocycles. The van der Waals surface area contributed by atoms with E-state index in [1.165, 1.54) is 73.5 Å². The molecule has 78 heavy (non-hydrogen) atoms. The molecule has 4 atom stereocenters. The van der Waals surface area contributed by atoms with E-state index in [1.54, 1.807) is 6.07 Å². The third-order valence-corrected chi connectivity index (χ3v) is 14.5. The first-order valence-corrected chi connectivity index (χ1v) is 26.0. The molecular weight excluding hydrogens is 1080 g/mol. The number of nitrogens with zero attached hydrogens (tertiary/aromatic N) is 4. The topological polar surface area (TPSA) is 202 Å². The fourth-order valence-corrected chi connectivity index (χ4v) is 10.4. The van der Waals surface area contributed by atoms with Crippen molar-refractivity contribution in [2.45, 2.75) is 69.2 Å². The fourth-order valence-electron chi connectivity index (χ4n) is 8.68. The summed E-state index contributed by atoms with van der Waals surface area (Å²) in [5.41, 5.74) is 5.86. The third kappa shape index (κ3) is 14.2. The summed E-state index contributed by atoms with van der Waals surface area (Å²) in [5, 5.41) is 34.6. The molecule has 0 aliphatic carbocycles. The molecule has 0 saturated carbocycles. The van der Waals surface area contributed by atoms with Crippen molar-refractivity contribution in [2.75, 3.05) is 65.7 Å². The average Bonchev–Trinajstić information content (AvgIpc) is 4.32. The molecule has 0 unspecified atom stereocenters. The molecule has 10 rings (SSSR count). The summed E-state index contributed by atoms with van der Waals surface area (Å²) in [6.45, 7) is 5.15. The quantitative estimate of drug-likeness (QED) is 0.0610. The van der Waals surface area contributed by atoms with Crippen molar-refractivity contribution in [1.82, 2.24) is 25.1 Å². The number of nitrogens with two attached hydrogens (primary N) is 1. The highest BCUT2D eigenvalue weighted by Crippen LogP contribution is 2.39. The second kappa shape index (κ2) is 26.0. The van der Waals surface area contributed by atoms with Crippen molar-refractivity contribution in [3.05, 3.63) is 129 Å². The fraction of sp³-hybridized carbons (Fsp3) is 0.396. The van der Waals surface area contributed by atoms with Gasteiger partial charge >= 0.3 is 17.8 Å². The molecule has 1 amide bonds. The maximum atomic E-state index is 15.3. The van der Waals surface area contributed by atoms with Crippen LogP contribution in [0.5, 0.6) is 23.0 Å². The van der Waals surface area contributed by atoms with E-state index in [-0.39, 0.29) is 60.0 Å². The van der Waals surface area contributed by atoms with Gasteiger partial charge in [0.15, 0.2) is 34.6 Å². The molecule has 0 bridgehead atoms. The lowest BCUT2D eigenvalue weighted by atomic mass is 10.00. The van der Waals surface area contributed by atoms with Gasteiger partial charge in [-0.1, -0.05) is 7.43 Å². The predicted octanol–water partition coefficient (Wildman–Crippen LogP) is 9.08. The van der Waals surface area contributed by atoms with Gasteiger partial charge in [-0.15, -0.1) is 22.7 Å². The number of carbonyl (C=O) groups excluding carboxylic acids is 1. The van der Waals surface area contributed by atoms with E-state index in [2.05, 4.69) is 20.2 Å². The normalized spacial score (nSPS) is 16.8. The molecule has 2 fully saturated rings. The number of hydrogen-bond donors (Lipinski definition) is 5. The highest BCUT2D eigenvalue weighted by atomic mass is 32.1. The predicted molar refractivity (Wildman–Crippen MR) is 273 cm³/mol. The first kappa shape index (κ1) is 59.2. The van der Waals surface area contributed by atoms with E-state index in [0.717, 1.165) is 65.4 Å². The number of likely N-dealkylation sites (tertiary alicyclic amines) is 2. The first-order chi connectivity index (χ1) is 36.8. The number of carbonyl (C=O) groups is 2.